The lowest BCUT2D eigenvalue weighted by Gasteiger charge is -2.29. The third-order valence-electron chi connectivity index (χ3n) is 3.27. The molecule has 1 aromatic carbocycles. The van der Waals surface area contributed by atoms with Crippen molar-refractivity contribution in [2.24, 2.45) is 0 Å². The van der Waals surface area contributed by atoms with Gasteiger partial charge in [-0.15, -0.1) is 0 Å². The number of aryl methyl sites for hydroxylation is 2. The summed E-state index contributed by atoms with van der Waals surface area (Å²) < 4.78 is 26.7. The first-order valence-electron chi connectivity index (χ1n) is 6.13. The molecule has 1 unspecified atom stereocenters. The topological polar surface area (TPSA) is 37.4 Å². The van der Waals surface area contributed by atoms with Crippen LogP contribution in [0.1, 0.15) is 24.0 Å². The van der Waals surface area contributed by atoms with Gasteiger partial charge in [0.1, 0.15) is 0 Å². The van der Waals surface area contributed by atoms with Crippen molar-refractivity contribution in [3.8, 4) is 0 Å². The second kappa shape index (κ2) is 5.31. The van der Waals surface area contributed by atoms with Crippen LogP contribution >= 0.6 is 15.9 Å². The minimum atomic E-state index is -3.34. The van der Waals surface area contributed by atoms with Crippen molar-refractivity contribution in [1.82, 2.24) is 4.31 Å². The van der Waals surface area contributed by atoms with Gasteiger partial charge >= 0.3 is 0 Å². The molecule has 0 bridgehead atoms. The van der Waals surface area contributed by atoms with Gasteiger partial charge in [0.25, 0.3) is 0 Å². The van der Waals surface area contributed by atoms with Crippen LogP contribution in [0.5, 0.6) is 0 Å². The van der Waals surface area contributed by atoms with Crippen LogP contribution in [0.25, 0.3) is 0 Å². The van der Waals surface area contributed by atoms with Crippen LogP contribution in [0, 0.1) is 13.8 Å². The maximum absolute atomic E-state index is 12.6. The highest BCUT2D eigenvalue weighted by Gasteiger charge is 2.30. The zero-order valence-electron chi connectivity index (χ0n) is 10.7. The number of halogens is 1. The summed E-state index contributed by atoms with van der Waals surface area (Å²) in [5, 5.41) is 0. The van der Waals surface area contributed by atoms with Crippen molar-refractivity contribution in [3.63, 3.8) is 0 Å². The predicted molar refractivity (Wildman–Crippen MR) is 76.6 cm³/mol. The Hall–Kier alpha value is -0.390. The molecule has 0 amide bonds. The Balaban J connectivity index is 2.35. The number of sulfonamides is 1. The Kier molecular flexibility index (Phi) is 4.14. The summed E-state index contributed by atoms with van der Waals surface area (Å²) in [7, 11) is -3.34. The van der Waals surface area contributed by atoms with Gasteiger partial charge in [0.15, 0.2) is 0 Å². The Morgan fingerprint density at radius 3 is 2.67 bits per heavy atom. The fourth-order valence-corrected chi connectivity index (χ4v) is 4.93. The minimum absolute atomic E-state index is 0.270. The van der Waals surface area contributed by atoms with E-state index in [1.165, 1.54) is 0 Å². The number of piperidine rings is 1. The van der Waals surface area contributed by atoms with Gasteiger partial charge in [-0.05, 0) is 38.3 Å². The molecule has 1 fully saturated rings. The van der Waals surface area contributed by atoms with Gasteiger partial charge in [0, 0.05) is 17.9 Å². The first-order chi connectivity index (χ1) is 8.41. The maximum Gasteiger partial charge on any atom is 0.243 e. The molecule has 2 rings (SSSR count). The third kappa shape index (κ3) is 2.78. The predicted octanol–water partition coefficient (Wildman–Crippen LogP) is 2.85. The van der Waals surface area contributed by atoms with Crippen LogP contribution in [0.4, 0.5) is 0 Å². The zero-order chi connectivity index (χ0) is 13.3. The largest absolute Gasteiger partial charge is 0.243 e. The smallest absolute Gasteiger partial charge is 0.207 e. The van der Waals surface area contributed by atoms with E-state index in [4.69, 9.17) is 0 Å². The van der Waals surface area contributed by atoms with E-state index in [-0.39, 0.29) is 4.83 Å². The van der Waals surface area contributed by atoms with E-state index in [1.54, 1.807) is 10.4 Å². The number of rotatable bonds is 2. The molecule has 1 aromatic rings. The Labute approximate surface area is 117 Å². The van der Waals surface area contributed by atoms with Crippen molar-refractivity contribution in [2.45, 2.75) is 36.4 Å². The molecule has 1 heterocycles. The van der Waals surface area contributed by atoms with Gasteiger partial charge in [-0.2, -0.15) is 4.31 Å². The highest BCUT2D eigenvalue weighted by molar-refractivity contribution is 9.09. The molecule has 0 radical (unpaired) electrons. The van der Waals surface area contributed by atoms with Crippen molar-refractivity contribution in [3.05, 3.63) is 29.3 Å². The molecular weight excluding hydrogens is 314 g/mol. The molecule has 1 saturated heterocycles. The average molecular weight is 332 g/mol. The molecule has 0 aromatic heterocycles. The molecule has 5 heteroatoms. The molecular formula is C13H18BrNO2S. The van der Waals surface area contributed by atoms with Crippen LogP contribution in [-0.2, 0) is 10.0 Å². The third-order valence-corrected chi connectivity index (χ3v) is 6.05. The van der Waals surface area contributed by atoms with E-state index >= 15 is 0 Å². The van der Waals surface area contributed by atoms with Crippen LogP contribution in [0.2, 0.25) is 0 Å². The normalized spacial score (nSPS) is 22.1. The van der Waals surface area contributed by atoms with Gasteiger partial charge in [0.2, 0.25) is 10.0 Å². The lowest BCUT2D eigenvalue weighted by Crippen LogP contribution is -2.40. The number of alkyl halides is 1. The molecule has 1 atom stereocenters. The molecule has 0 aliphatic carbocycles. The van der Waals surface area contributed by atoms with Gasteiger partial charge in [0.05, 0.1) is 4.90 Å². The molecule has 0 N–H and O–H groups in total. The monoisotopic (exact) mass is 331 g/mol. The van der Waals surface area contributed by atoms with Crippen molar-refractivity contribution >= 4 is 26.0 Å². The van der Waals surface area contributed by atoms with Crippen LogP contribution in [0.15, 0.2) is 23.1 Å². The van der Waals surface area contributed by atoms with Crippen LogP contribution in [-0.4, -0.2) is 30.6 Å². The highest BCUT2D eigenvalue weighted by atomic mass is 79.9. The second-order valence-electron chi connectivity index (χ2n) is 4.87. The zero-order valence-corrected chi connectivity index (χ0v) is 13.1. The lowest BCUT2D eigenvalue weighted by molar-refractivity contribution is 0.356. The molecule has 0 spiro atoms. The van der Waals surface area contributed by atoms with Crippen LogP contribution in [0.3, 0.4) is 0 Å². The fourth-order valence-electron chi connectivity index (χ4n) is 2.34. The number of nitrogens with zero attached hydrogens (tertiary/aromatic N) is 1. The Bertz CT molecular complexity index is 542. The maximum atomic E-state index is 12.6. The number of hydrogen-bond acceptors (Lipinski definition) is 2. The fraction of sp³-hybridized carbons (Fsp3) is 0.538. The van der Waals surface area contributed by atoms with Crippen molar-refractivity contribution in [1.29, 1.82) is 0 Å². The number of hydrogen-bond donors (Lipinski definition) is 0. The van der Waals surface area contributed by atoms with Gasteiger partial charge in [-0.25, -0.2) is 8.42 Å². The summed E-state index contributed by atoms with van der Waals surface area (Å²) in [5.74, 6) is 0. The highest BCUT2D eigenvalue weighted by Crippen LogP contribution is 2.26. The summed E-state index contributed by atoms with van der Waals surface area (Å²) >= 11 is 3.52. The first kappa shape index (κ1) is 14.0. The summed E-state index contributed by atoms with van der Waals surface area (Å²) in [6, 6.07) is 5.50. The van der Waals surface area contributed by atoms with E-state index in [0.717, 1.165) is 24.0 Å². The Morgan fingerprint density at radius 1 is 1.33 bits per heavy atom. The second-order valence-corrected chi connectivity index (χ2v) is 8.07. The van der Waals surface area contributed by atoms with Crippen LogP contribution < -0.4 is 0 Å². The average Bonchev–Trinajstić information content (AvgIpc) is 2.28. The standard InChI is InChI=1S/C13H18BrNO2S/c1-10-5-6-13(11(2)8-10)18(16,17)15-7-3-4-12(14)9-15/h5-6,8,12H,3-4,7,9H2,1-2H3. The quantitative estimate of drug-likeness (QED) is 0.781. The summed E-state index contributed by atoms with van der Waals surface area (Å²) in [4.78, 5) is 0.710. The van der Waals surface area contributed by atoms with E-state index in [2.05, 4.69) is 15.9 Å². The molecule has 100 valence electrons. The summed E-state index contributed by atoms with van der Waals surface area (Å²) in [6.07, 6.45) is 1.96. The minimum Gasteiger partial charge on any atom is -0.207 e. The van der Waals surface area contributed by atoms with Gasteiger partial charge in [-0.3, -0.25) is 0 Å². The van der Waals surface area contributed by atoms with Crippen molar-refractivity contribution in [2.75, 3.05) is 13.1 Å². The molecule has 1 aliphatic heterocycles. The molecule has 1 aliphatic rings. The van der Waals surface area contributed by atoms with E-state index < -0.39 is 10.0 Å². The van der Waals surface area contributed by atoms with E-state index in [1.807, 2.05) is 26.0 Å². The lowest BCUT2D eigenvalue weighted by atomic mass is 10.2. The Morgan fingerprint density at radius 2 is 2.06 bits per heavy atom. The summed E-state index contributed by atoms with van der Waals surface area (Å²) in [5.41, 5.74) is 1.91. The van der Waals surface area contributed by atoms with E-state index in [0.29, 0.717) is 18.0 Å². The van der Waals surface area contributed by atoms with E-state index in [9.17, 15) is 8.42 Å². The molecule has 0 saturated carbocycles. The SMILES string of the molecule is Cc1ccc(S(=O)(=O)N2CCCC(Br)C2)c(C)c1. The van der Waals surface area contributed by atoms with Crippen molar-refractivity contribution < 1.29 is 8.42 Å². The molecule has 3 nitrogen and oxygen atoms in total. The first-order valence-corrected chi connectivity index (χ1v) is 8.48. The van der Waals surface area contributed by atoms with Gasteiger partial charge < -0.3 is 0 Å². The molecule has 18 heavy (non-hydrogen) atoms. The summed E-state index contributed by atoms with van der Waals surface area (Å²) in [6.45, 7) is 5.02. The number of benzene rings is 1. The van der Waals surface area contributed by atoms with Gasteiger partial charge in [-0.1, -0.05) is 33.6 Å².